The predicted molar refractivity (Wildman–Crippen MR) is 33.9 cm³/mol. The van der Waals surface area contributed by atoms with Gasteiger partial charge in [-0.25, -0.2) is 0 Å². The number of aliphatic hydroxyl groups is 1. The average molecular weight is 124 g/mol. The molecule has 0 fully saturated rings. The van der Waals surface area contributed by atoms with Crippen LogP contribution >= 0.6 is 0 Å². The molecule has 2 heteroatoms. The van der Waals surface area contributed by atoms with Gasteiger partial charge in [-0.1, -0.05) is 12.2 Å². The molecule has 0 atom stereocenters. The highest BCUT2D eigenvalue weighted by Gasteiger charge is 2.00. The van der Waals surface area contributed by atoms with Crippen molar-refractivity contribution in [2.75, 3.05) is 6.61 Å². The number of rotatable bonds is 1. The van der Waals surface area contributed by atoms with Crippen molar-refractivity contribution in [3.8, 4) is 0 Å². The molecule has 0 unspecified atom stereocenters. The Morgan fingerprint density at radius 3 is 2.78 bits per heavy atom. The molecule has 0 bridgehead atoms. The van der Waals surface area contributed by atoms with Crippen molar-refractivity contribution in [2.45, 2.75) is 6.42 Å². The molecule has 1 aliphatic rings. The summed E-state index contributed by atoms with van der Waals surface area (Å²) in [5.74, 6) is 0.104. The van der Waals surface area contributed by atoms with Crippen LogP contribution in [-0.4, -0.2) is 17.5 Å². The van der Waals surface area contributed by atoms with Crippen LogP contribution in [0.3, 0.4) is 0 Å². The molecule has 1 aliphatic carbocycles. The Kier molecular flexibility index (Phi) is 1.80. The quantitative estimate of drug-likeness (QED) is 0.550. The maximum absolute atomic E-state index is 10.5. The average Bonchev–Trinajstić information content (AvgIpc) is 1.90. The second-order valence-corrected chi connectivity index (χ2v) is 1.94. The zero-order chi connectivity index (χ0) is 6.69. The highest BCUT2D eigenvalue weighted by atomic mass is 16.3. The Balaban J connectivity index is 2.63. The molecule has 1 rings (SSSR count). The molecule has 0 heterocycles. The molecule has 0 aromatic carbocycles. The summed E-state index contributed by atoms with van der Waals surface area (Å²) >= 11 is 0. The Hall–Kier alpha value is -0.890. The minimum absolute atomic E-state index is 0.0315. The summed E-state index contributed by atoms with van der Waals surface area (Å²) in [5.41, 5.74) is 0.828. The molecular weight excluding hydrogens is 116 g/mol. The largest absolute Gasteiger partial charge is 0.392 e. The van der Waals surface area contributed by atoms with Gasteiger partial charge in [-0.2, -0.15) is 0 Å². The van der Waals surface area contributed by atoms with Crippen molar-refractivity contribution in [1.82, 2.24) is 0 Å². The number of ketones is 1. The summed E-state index contributed by atoms with van der Waals surface area (Å²) < 4.78 is 0. The molecular formula is C7H8O2. The van der Waals surface area contributed by atoms with E-state index in [-0.39, 0.29) is 12.4 Å². The van der Waals surface area contributed by atoms with Gasteiger partial charge in [0, 0.05) is 6.42 Å². The molecule has 0 aromatic rings. The summed E-state index contributed by atoms with van der Waals surface area (Å²) in [4.78, 5) is 10.5. The fourth-order valence-electron chi connectivity index (χ4n) is 0.685. The standard InChI is InChI=1S/C7H8O2/c8-5-6-1-3-7(9)4-2-6/h1-3,8H,4-5H2. The Labute approximate surface area is 53.5 Å². The summed E-state index contributed by atoms with van der Waals surface area (Å²) in [6.07, 6.45) is 5.31. The van der Waals surface area contributed by atoms with E-state index >= 15 is 0 Å². The number of carbonyl (C=O) groups is 1. The first-order valence-corrected chi connectivity index (χ1v) is 2.84. The van der Waals surface area contributed by atoms with Gasteiger partial charge in [-0.05, 0) is 11.6 Å². The lowest BCUT2D eigenvalue weighted by molar-refractivity contribution is -0.113. The monoisotopic (exact) mass is 124 g/mol. The SMILES string of the molecule is O=C1C=CC(CO)=CC1. The maximum atomic E-state index is 10.5. The smallest absolute Gasteiger partial charge is 0.159 e. The van der Waals surface area contributed by atoms with E-state index in [1.165, 1.54) is 6.08 Å². The van der Waals surface area contributed by atoms with Crippen LogP contribution in [0.4, 0.5) is 0 Å². The molecule has 2 nitrogen and oxygen atoms in total. The van der Waals surface area contributed by atoms with Crippen LogP contribution in [0.25, 0.3) is 0 Å². The van der Waals surface area contributed by atoms with Gasteiger partial charge in [0.2, 0.25) is 0 Å². The lowest BCUT2D eigenvalue weighted by Crippen LogP contribution is -1.98. The lowest BCUT2D eigenvalue weighted by atomic mass is 10.1. The Morgan fingerprint density at radius 1 is 1.56 bits per heavy atom. The summed E-state index contributed by atoms with van der Waals surface area (Å²) in [6, 6.07) is 0. The molecule has 0 aliphatic heterocycles. The second kappa shape index (κ2) is 2.60. The minimum atomic E-state index is 0.0315. The van der Waals surface area contributed by atoms with Gasteiger partial charge in [-0.3, -0.25) is 4.79 Å². The van der Waals surface area contributed by atoms with Crippen LogP contribution in [0.5, 0.6) is 0 Å². The molecule has 9 heavy (non-hydrogen) atoms. The van der Waals surface area contributed by atoms with E-state index in [1.54, 1.807) is 12.2 Å². The summed E-state index contributed by atoms with van der Waals surface area (Å²) in [7, 11) is 0. The van der Waals surface area contributed by atoms with Gasteiger partial charge in [0.15, 0.2) is 5.78 Å². The molecule has 48 valence electrons. The topological polar surface area (TPSA) is 37.3 Å². The van der Waals surface area contributed by atoms with Crippen molar-refractivity contribution in [2.24, 2.45) is 0 Å². The lowest BCUT2D eigenvalue weighted by Gasteiger charge is -2.00. The highest BCUT2D eigenvalue weighted by Crippen LogP contribution is 2.04. The molecule has 0 aromatic heterocycles. The van der Waals surface area contributed by atoms with Crippen molar-refractivity contribution >= 4 is 5.78 Å². The second-order valence-electron chi connectivity index (χ2n) is 1.94. The van der Waals surface area contributed by atoms with E-state index < -0.39 is 0 Å². The van der Waals surface area contributed by atoms with E-state index in [9.17, 15) is 4.79 Å². The Morgan fingerprint density at radius 2 is 2.33 bits per heavy atom. The van der Waals surface area contributed by atoms with Crippen LogP contribution in [0.15, 0.2) is 23.8 Å². The number of allylic oxidation sites excluding steroid dienone is 2. The first-order chi connectivity index (χ1) is 4.33. The summed E-state index contributed by atoms with van der Waals surface area (Å²) in [5, 5.41) is 8.55. The highest BCUT2D eigenvalue weighted by molar-refractivity contribution is 5.92. The van der Waals surface area contributed by atoms with Crippen molar-refractivity contribution in [3.05, 3.63) is 23.8 Å². The van der Waals surface area contributed by atoms with Crippen LogP contribution in [-0.2, 0) is 4.79 Å². The van der Waals surface area contributed by atoms with Crippen LogP contribution < -0.4 is 0 Å². The predicted octanol–water partition coefficient (Wildman–Crippen LogP) is 0.434. The zero-order valence-electron chi connectivity index (χ0n) is 5.00. The molecule has 0 saturated carbocycles. The first kappa shape index (κ1) is 6.23. The van der Waals surface area contributed by atoms with Crippen LogP contribution in [0, 0.1) is 0 Å². The van der Waals surface area contributed by atoms with E-state index in [1.807, 2.05) is 0 Å². The molecule has 1 N–H and O–H groups in total. The van der Waals surface area contributed by atoms with Crippen molar-refractivity contribution in [3.63, 3.8) is 0 Å². The molecule has 0 saturated heterocycles. The number of hydrogen-bond acceptors (Lipinski definition) is 2. The van der Waals surface area contributed by atoms with Gasteiger partial charge in [0.1, 0.15) is 0 Å². The fraction of sp³-hybridized carbons (Fsp3) is 0.286. The molecule has 0 spiro atoms. The third kappa shape index (κ3) is 1.50. The van der Waals surface area contributed by atoms with E-state index in [0.717, 1.165) is 5.57 Å². The van der Waals surface area contributed by atoms with Gasteiger partial charge in [0.05, 0.1) is 6.61 Å². The third-order valence-electron chi connectivity index (χ3n) is 1.23. The number of carbonyl (C=O) groups excluding carboxylic acids is 1. The van der Waals surface area contributed by atoms with Crippen LogP contribution in [0.2, 0.25) is 0 Å². The van der Waals surface area contributed by atoms with Gasteiger partial charge in [0.25, 0.3) is 0 Å². The summed E-state index contributed by atoms with van der Waals surface area (Å²) in [6.45, 7) is 0.0315. The van der Waals surface area contributed by atoms with Crippen molar-refractivity contribution in [1.29, 1.82) is 0 Å². The van der Waals surface area contributed by atoms with Gasteiger partial charge in [-0.15, -0.1) is 0 Å². The van der Waals surface area contributed by atoms with Crippen LogP contribution in [0.1, 0.15) is 6.42 Å². The van der Waals surface area contributed by atoms with Gasteiger partial charge < -0.3 is 5.11 Å². The molecule has 0 amide bonds. The molecule has 0 radical (unpaired) electrons. The van der Waals surface area contributed by atoms with E-state index in [4.69, 9.17) is 5.11 Å². The normalized spacial score (nSPS) is 17.9. The maximum Gasteiger partial charge on any atom is 0.159 e. The first-order valence-electron chi connectivity index (χ1n) is 2.84. The van der Waals surface area contributed by atoms with Gasteiger partial charge >= 0.3 is 0 Å². The number of hydrogen-bond donors (Lipinski definition) is 1. The fourth-order valence-corrected chi connectivity index (χ4v) is 0.685. The van der Waals surface area contributed by atoms with Crippen molar-refractivity contribution < 1.29 is 9.90 Å². The van der Waals surface area contributed by atoms with E-state index in [0.29, 0.717) is 6.42 Å². The Bertz CT molecular complexity index is 177. The minimum Gasteiger partial charge on any atom is -0.392 e. The zero-order valence-corrected chi connectivity index (χ0v) is 5.00. The van der Waals surface area contributed by atoms with E-state index in [2.05, 4.69) is 0 Å². The third-order valence-corrected chi connectivity index (χ3v) is 1.23. The number of aliphatic hydroxyl groups excluding tert-OH is 1.